The predicted octanol–water partition coefficient (Wildman–Crippen LogP) is 1.74. The normalized spacial score (nSPS) is 31.6. The van der Waals surface area contributed by atoms with Crippen LogP contribution in [-0.4, -0.2) is 41.5 Å². The average Bonchev–Trinajstić information content (AvgIpc) is 3.10. The SMILES string of the molecule is CNC1CCC2(CC1S(=O)c1cccs1)OCCO2. The molecule has 1 spiro atoms. The summed E-state index contributed by atoms with van der Waals surface area (Å²) in [5, 5.41) is 5.33. The van der Waals surface area contributed by atoms with Crippen molar-refractivity contribution in [3.8, 4) is 0 Å². The number of hydrogen-bond acceptors (Lipinski definition) is 5. The first kappa shape index (κ1) is 13.7. The minimum Gasteiger partial charge on any atom is -0.347 e. The summed E-state index contributed by atoms with van der Waals surface area (Å²) in [5.74, 6) is -0.481. The lowest BCUT2D eigenvalue weighted by Crippen LogP contribution is -2.51. The molecular weight excluding hydrogens is 282 g/mol. The van der Waals surface area contributed by atoms with Crippen molar-refractivity contribution in [3.63, 3.8) is 0 Å². The van der Waals surface area contributed by atoms with E-state index in [9.17, 15) is 4.21 Å². The van der Waals surface area contributed by atoms with Crippen molar-refractivity contribution in [3.05, 3.63) is 17.5 Å². The quantitative estimate of drug-likeness (QED) is 0.924. The first-order chi connectivity index (χ1) is 9.24. The van der Waals surface area contributed by atoms with E-state index in [4.69, 9.17) is 9.47 Å². The minimum atomic E-state index is -0.995. The molecule has 106 valence electrons. The minimum absolute atomic E-state index is 0.0514. The Morgan fingerprint density at radius 2 is 2.26 bits per heavy atom. The molecule has 1 aliphatic carbocycles. The summed E-state index contributed by atoms with van der Waals surface area (Å²) in [5.41, 5.74) is 0. The van der Waals surface area contributed by atoms with Gasteiger partial charge in [-0.15, -0.1) is 11.3 Å². The lowest BCUT2D eigenvalue weighted by molar-refractivity contribution is -0.178. The number of hydrogen-bond donors (Lipinski definition) is 1. The zero-order valence-electron chi connectivity index (χ0n) is 11.0. The Hall–Kier alpha value is -0.270. The smallest absolute Gasteiger partial charge is 0.169 e. The molecule has 3 atom stereocenters. The van der Waals surface area contributed by atoms with Gasteiger partial charge in [-0.3, -0.25) is 4.21 Å². The molecule has 1 aromatic rings. The van der Waals surface area contributed by atoms with Gasteiger partial charge in [-0.05, 0) is 24.9 Å². The summed E-state index contributed by atoms with van der Waals surface area (Å²) in [7, 11) is 0.947. The number of nitrogens with one attached hydrogen (secondary N) is 1. The highest BCUT2D eigenvalue weighted by molar-refractivity contribution is 7.88. The fourth-order valence-electron chi connectivity index (χ4n) is 2.95. The van der Waals surface area contributed by atoms with E-state index in [2.05, 4.69) is 5.32 Å². The molecule has 1 aliphatic heterocycles. The summed E-state index contributed by atoms with van der Waals surface area (Å²) >= 11 is 1.56. The zero-order valence-corrected chi connectivity index (χ0v) is 12.6. The molecule has 2 fully saturated rings. The molecule has 1 aromatic heterocycles. The molecule has 0 bridgehead atoms. The largest absolute Gasteiger partial charge is 0.347 e. The van der Waals surface area contributed by atoms with Crippen LogP contribution in [0.15, 0.2) is 21.7 Å². The number of thiophene rings is 1. The van der Waals surface area contributed by atoms with Crippen LogP contribution >= 0.6 is 11.3 Å². The maximum Gasteiger partial charge on any atom is 0.169 e. The maximum absolute atomic E-state index is 12.7. The third-order valence-electron chi connectivity index (χ3n) is 3.95. The predicted molar refractivity (Wildman–Crippen MR) is 75.8 cm³/mol. The summed E-state index contributed by atoms with van der Waals surface area (Å²) in [4.78, 5) is 0. The standard InChI is InChI=1S/C13H19NO3S2/c1-14-10-4-5-13(16-6-7-17-13)9-11(10)19(15)12-3-2-8-18-12/h2-3,8,10-11,14H,4-7,9H2,1H3. The maximum atomic E-state index is 12.7. The van der Waals surface area contributed by atoms with Crippen LogP contribution in [-0.2, 0) is 20.3 Å². The Kier molecular flexibility index (Phi) is 4.05. The van der Waals surface area contributed by atoms with E-state index in [1.165, 1.54) is 0 Å². The molecule has 3 unspecified atom stereocenters. The summed E-state index contributed by atoms with van der Waals surface area (Å²) in [6.45, 7) is 1.31. The topological polar surface area (TPSA) is 47.6 Å². The van der Waals surface area contributed by atoms with E-state index in [1.54, 1.807) is 11.3 Å². The molecule has 0 radical (unpaired) electrons. The van der Waals surface area contributed by atoms with Gasteiger partial charge in [0.05, 0.1) is 33.5 Å². The zero-order chi connectivity index (χ0) is 13.3. The second kappa shape index (κ2) is 5.61. The van der Waals surface area contributed by atoms with Crippen molar-refractivity contribution in [1.29, 1.82) is 0 Å². The summed E-state index contributed by atoms with van der Waals surface area (Å²) < 4.78 is 25.3. The van der Waals surface area contributed by atoms with Gasteiger partial charge in [0.1, 0.15) is 0 Å². The van der Waals surface area contributed by atoms with Crippen molar-refractivity contribution in [2.24, 2.45) is 0 Å². The molecular formula is C13H19NO3S2. The Balaban J connectivity index is 1.81. The average molecular weight is 301 g/mol. The number of rotatable bonds is 3. The molecule has 0 amide bonds. The van der Waals surface area contributed by atoms with Crippen molar-refractivity contribution in [2.75, 3.05) is 20.3 Å². The van der Waals surface area contributed by atoms with Crippen molar-refractivity contribution >= 4 is 22.1 Å². The second-order valence-corrected chi connectivity index (χ2v) is 7.86. The van der Waals surface area contributed by atoms with Crippen LogP contribution in [0.25, 0.3) is 0 Å². The molecule has 19 heavy (non-hydrogen) atoms. The van der Waals surface area contributed by atoms with E-state index in [-0.39, 0.29) is 11.3 Å². The van der Waals surface area contributed by atoms with E-state index < -0.39 is 16.6 Å². The van der Waals surface area contributed by atoms with Gasteiger partial charge in [0.15, 0.2) is 5.79 Å². The van der Waals surface area contributed by atoms with Crippen LogP contribution in [0.3, 0.4) is 0 Å². The van der Waals surface area contributed by atoms with E-state index in [0.717, 1.165) is 17.1 Å². The Morgan fingerprint density at radius 1 is 1.47 bits per heavy atom. The van der Waals surface area contributed by atoms with E-state index in [0.29, 0.717) is 19.6 Å². The van der Waals surface area contributed by atoms with Gasteiger partial charge in [0.2, 0.25) is 0 Å². The van der Waals surface area contributed by atoms with Gasteiger partial charge in [-0.2, -0.15) is 0 Å². The molecule has 6 heteroatoms. The van der Waals surface area contributed by atoms with Crippen LogP contribution in [0, 0.1) is 0 Å². The summed E-state index contributed by atoms with van der Waals surface area (Å²) in [6.07, 6.45) is 2.54. The Bertz CT molecular complexity index is 443. The van der Waals surface area contributed by atoms with Gasteiger partial charge in [0, 0.05) is 18.9 Å². The van der Waals surface area contributed by atoms with Crippen LogP contribution in [0.5, 0.6) is 0 Å². The highest BCUT2D eigenvalue weighted by Crippen LogP contribution is 2.39. The van der Waals surface area contributed by atoms with Crippen molar-refractivity contribution < 1.29 is 13.7 Å². The summed E-state index contributed by atoms with van der Waals surface area (Å²) in [6, 6.07) is 4.17. The highest BCUT2D eigenvalue weighted by Gasteiger charge is 2.47. The molecule has 4 nitrogen and oxygen atoms in total. The molecule has 1 N–H and O–H groups in total. The fraction of sp³-hybridized carbons (Fsp3) is 0.692. The Labute approximate surface area is 119 Å². The molecule has 1 saturated heterocycles. The second-order valence-electron chi connectivity index (χ2n) is 5.01. The fourth-order valence-corrected chi connectivity index (χ4v) is 5.81. The van der Waals surface area contributed by atoms with Crippen molar-refractivity contribution in [1.82, 2.24) is 5.32 Å². The first-order valence-corrected chi connectivity index (χ1v) is 8.73. The van der Waals surface area contributed by atoms with Crippen LogP contribution in [0.4, 0.5) is 0 Å². The molecule has 1 saturated carbocycles. The van der Waals surface area contributed by atoms with Gasteiger partial charge < -0.3 is 14.8 Å². The Morgan fingerprint density at radius 3 is 2.89 bits per heavy atom. The molecule has 3 rings (SSSR count). The molecule has 2 aliphatic rings. The lowest BCUT2D eigenvalue weighted by Gasteiger charge is -2.40. The van der Waals surface area contributed by atoms with E-state index >= 15 is 0 Å². The van der Waals surface area contributed by atoms with Gasteiger partial charge in [0.25, 0.3) is 0 Å². The molecule has 2 heterocycles. The van der Waals surface area contributed by atoms with Gasteiger partial charge in [-0.1, -0.05) is 6.07 Å². The lowest BCUT2D eigenvalue weighted by atomic mass is 9.89. The van der Waals surface area contributed by atoms with Crippen LogP contribution in [0.1, 0.15) is 19.3 Å². The third kappa shape index (κ3) is 2.64. The highest BCUT2D eigenvalue weighted by atomic mass is 32.2. The van der Waals surface area contributed by atoms with Gasteiger partial charge in [-0.25, -0.2) is 0 Å². The van der Waals surface area contributed by atoms with E-state index in [1.807, 2.05) is 24.6 Å². The van der Waals surface area contributed by atoms with Crippen LogP contribution in [0.2, 0.25) is 0 Å². The van der Waals surface area contributed by atoms with Crippen LogP contribution < -0.4 is 5.32 Å². The monoisotopic (exact) mass is 301 g/mol. The van der Waals surface area contributed by atoms with Gasteiger partial charge >= 0.3 is 0 Å². The number of ether oxygens (including phenoxy) is 2. The van der Waals surface area contributed by atoms with Crippen molar-refractivity contribution in [2.45, 2.75) is 40.6 Å². The molecule has 0 aromatic carbocycles. The first-order valence-electron chi connectivity index (χ1n) is 6.63. The third-order valence-corrected chi connectivity index (χ3v) is 6.97.